The maximum absolute atomic E-state index is 11.4. The molecule has 0 aromatic carbocycles. The van der Waals surface area contributed by atoms with E-state index in [0.717, 1.165) is 25.0 Å². The van der Waals surface area contributed by atoms with Crippen molar-refractivity contribution in [1.82, 2.24) is 5.32 Å². The summed E-state index contributed by atoms with van der Waals surface area (Å²) < 4.78 is 0. The van der Waals surface area contributed by atoms with Crippen LogP contribution in [-0.4, -0.2) is 18.3 Å². The standard InChI is InChI=1S/C18H34N2O2/c1-2-3-4-5-6-7-8-9-10-13-16-19-18(21)22-20-17-14-11-12-15-17/h2-16H2,1H3,(H,19,21). The summed E-state index contributed by atoms with van der Waals surface area (Å²) in [4.78, 5) is 16.3. The fourth-order valence-electron chi connectivity index (χ4n) is 2.82. The molecule has 1 amide bonds. The second-order valence-corrected chi connectivity index (χ2v) is 6.35. The van der Waals surface area contributed by atoms with E-state index >= 15 is 0 Å². The fourth-order valence-corrected chi connectivity index (χ4v) is 2.82. The number of carbonyl (C=O) groups excluding carboxylic acids is 1. The normalized spacial score (nSPS) is 14.1. The van der Waals surface area contributed by atoms with Gasteiger partial charge in [0.1, 0.15) is 0 Å². The van der Waals surface area contributed by atoms with Gasteiger partial charge in [-0.15, -0.1) is 0 Å². The van der Waals surface area contributed by atoms with Crippen LogP contribution < -0.4 is 5.32 Å². The van der Waals surface area contributed by atoms with E-state index in [4.69, 9.17) is 4.84 Å². The lowest BCUT2D eigenvalue weighted by Crippen LogP contribution is -2.24. The van der Waals surface area contributed by atoms with E-state index in [-0.39, 0.29) is 0 Å². The van der Waals surface area contributed by atoms with Crippen LogP contribution in [0.15, 0.2) is 5.16 Å². The molecule has 1 aliphatic carbocycles. The number of carbonyl (C=O) groups is 1. The molecule has 1 N–H and O–H groups in total. The number of nitrogens with one attached hydrogen (secondary N) is 1. The number of oxime groups is 1. The van der Waals surface area contributed by atoms with Crippen LogP contribution in [0.5, 0.6) is 0 Å². The van der Waals surface area contributed by atoms with Crippen LogP contribution in [0.3, 0.4) is 0 Å². The highest BCUT2D eigenvalue weighted by Crippen LogP contribution is 2.14. The minimum absolute atomic E-state index is 0.407. The van der Waals surface area contributed by atoms with Crippen LogP contribution in [0.1, 0.15) is 96.8 Å². The van der Waals surface area contributed by atoms with E-state index < -0.39 is 6.09 Å². The minimum Gasteiger partial charge on any atom is -0.320 e. The van der Waals surface area contributed by atoms with Crippen molar-refractivity contribution in [2.45, 2.75) is 96.8 Å². The third kappa shape index (κ3) is 10.6. The third-order valence-corrected chi connectivity index (χ3v) is 4.24. The molecule has 0 spiro atoms. The van der Waals surface area contributed by atoms with Crippen LogP contribution in [0.4, 0.5) is 4.79 Å². The molecule has 0 atom stereocenters. The molecule has 1 fully saturated rings. The Kier molecular flexibility index (Phi) is 11.7. The van der Waals surface area contributed by atoms with Crippen molar-refractivity contribution in [2.24, 2.45) is 5.16 Å². The van der Waals surface area contributed by atoms with Crippen molar-refractivity contribution in [3.63, 3.8) is 0 Å². The van der Waals surface area contributed by atoms with Crippen molar-refractivity contribution in [2.75, 3.05) is 6.54 Å². The largest absolute Gasteiger partial charge is 0.433 e. The van der Waals surface area contributed by atoms with Gasteiger partial charge in [0, 0.05) is 6.54 Å². The molecule has 0 aromatic rings. The molecular weight excluding hydrogens is 276 g/mol. The number of hydrogen-bond acceptors (Lipinski definition) is 3. The molecule has 0 aromatic heterocycles. The first-order chi connectivity index (χ1) is 10.8. The second-order valence-electron chi connectivity index (χ2n) is 6.35. The van der Waals surface area contributed by atoms with Crippen LogP contribution in [0, 0.1) is 0 Å². The molecule has 0 unspecified atom stereocenters. The highest BCUT2D eigenvalue weighted by Gasteiger charge is 2.09. The third-order valence-electron chi connectivity index (χ3n) is 4.24. The first kappa shape index (κ1) is 19.0. The highest BCUT2D eigenvalue weighted by molar-refractivity contribution is 5.86. The Morgan fingerprint density at radius 1 is 0.955 bits per heavy atom. The van der Waals surface area contributed by atoms with E-state index in [9.17, 15) is 4.79 Å². The van der Waals surface area contributed by atoms with E-state index in [2.05, 4.69) is 17.4 Å². The number of nitrogens with zero attached hydrogens (tertiary/aromatic N) is 1. The number of rotatable bonds is 12. The second kappa shape index (κ2) is 13.6. The Labute approximate surface area is 136 Å². The van der Waals surface area contributed by atoms with Gasteiger partial charge in [-0.1, -0.05) is 69.9 Å². The zero-order chi connectivity index (χ0) is 15.9. The minimum atomic E-state index is -0.407. The predicted octanol–water partition coefficient (Wildman–Crippen LogP) is 5.56. The summed E-state index contributed by atoms with van der Waals surface area (Å²) in [5.41, 5.74) is 1.02. The predicted molar refractivity (Wildman–Crippen MR) is 92.2 cm³/mol. The summed E-state index contributed by atoms with van der Waals surface area (Å²) >= 11 is 0. The summed E-state index contributed by atoms with van der Waals surface area (Å²) in [6.07, 6.45) is 16.9. The van der Waals surface area contributed by atoms with E-state index in [1.54, 1.807) is 0 Å². The Bertz CT molecular complexity index is 308. The number of unbranched alkanes of at least 4 members (excludes halogenated alkanes) is 9. The average Bonchev–Trinajstić information content (AvgIpc) is 3.04. The molecule has 128 valence electrons. The van der Waals surface area contributed by atoms with Crippen LogP contribution in [-0.2, 0) is 4.84 Å². The molecule has 0 saturated heterocycles. The molecule has 0 heterocycles. The molecule has 1 aliphatic rings. The maximum atomic E-state index is 11.4. The molecule has 0 bridgehead atoms. The zero-order valence-corrected chi connectivity index (χ0v) is 14.4. The Balaban J connectivity index is 1.80. The van der Waals surface area contributed by atoms with Gasteiger partial charge in [-0.2, -0.15) is 0 Å². The summed E-state index contributed by atoms with van der Waals surface area (Å²) in [5, 5.41) is 6.66. The van der Waals surface area contributed by atoms with Crippen molar-refractivity contribution in [3.05, 3.63) is 0 Å². The summed E-state index contributed by atoms with van der Waals surface area (Å²) in [7, 11) is 0. The summed E-state index contributed by atoms with van der Waals surface area (Å²) in [5.74, 6) is 0. The van der Waals surface area contributed by atoms with Gasteiger partial charge in [0.25, 0.3) is 0 Å². The van der Waals surface area contributed by atoms with Crippen molar-refractivity contribution in [3.8, 4) is 0 Å². The van der Waals surface area contributed by atoms with Gasteiger partial charge < -0.3 is 5.32 Å². The lowest BCUT2D eigenvalue weighted by atomic mass is 10.1. The van der Waals surface area contributed by atoms with Gasteiger partial charge in [-0.3, -0.25) is 4.84 Å². The van der Waals surface area contributed by atoms with Crippen molar-refractivity contribution >= 4 is 11.8 Å². The lowest BCUT2D eigenvalue weighted by molar-refractivity contribution is 0.150. The van der Waals surface area contributed by atoms with Gasteiger partial charge in [0.05, 0.1) is 5.71 Å². The lowest BCUT2D eigenvalue weighted by Gasteiger charge is -2.04. The first-order valence-electron chi connectivity index (χ1n) is 9.33. The quantitative estimate of drug-likeness (QED) is 0.291. The highest BCUT2D eigenvalue weighted by atomic mass is 16.7. The smallest absolute Gasteiger partial charge is 0.320 e. The molecule has 4 nitrogen and oxygen atoms in total. The van der Waals surface area contributed by atoms with Crippen molar-refractivity contribution in [1.29, 1.82) is 0 Å². The monoisotopic (exact) mass is 310 g/mol. The van der Waals surface area contributed by atoms with Crippen molar-refractivity contribution < 1.29 is 9.63 Å². The maximum Gasteiger partial charge on any atom is 0.433 e. The van der Waals surface area contributed by atoms with Gasteiger partial charge in [0.2, 0.25) is 0 Å². The Morgan fingerprint density at radius 3 is 2.09 bits per heavy atom. The summed E-state index contributed by atoms with van der Waals surface area (Å²) in [6, 6.07) is 0. The zero-order valence-electron chi connectivity index (χ0n) is 14.4. The molecular formula is C18H34N2O2. The number of hydrogen-bond donors (Lipinski definition) is 1. The topological polar surface area (TPSA) is 50.7 Å². The van der Waals surface area contributed by atoms with Crippen LogP contribution in [0.2, 0.25) is 0 Å². The molecule has 0 aliphatic heterocycles. The Hall–Kier alpha value is -1.06. The first-order valence-corrected chi connectivity index (χ1v) is 9.33. The SMILES string of the molecule is CCCCCCCCCCCCNC(=O)ON=C1CCCC1. The average molecular weight is 310 g/mol. The van der Waals surface area contributed by atoms with Crippen LogP contribution >= 0.6 is 0 Å². The van der Waals surface area contributed by atoms with E-state index in [1.165, 1.54) is 70.6 Å². The van der Waals surface area contributed by atoms with Gasteiger partial charge in [-0.05, 0) is 32.1 Å². The van der Waals surface area contributed by atoms with E-state index in [0.29, 0.717) is 6.54 Å². The van der Waals surface area contributed by atoms with E-state index in [1.807, 2.05) is 0 Å². The van der Waals surface area contributed by atoms with Gasteiger partial charge >= 0.3 is 6.09 Å². The molecule has 22 heavy (non-hydrogen) atoms. The molecule has 0 radical (unpaired) electrons. The number of amides is 1. The molecule has 4 heteroatoms. The molecule has 1 rings (SSSR count). The van der Waals surface area contributed by atoms with Gasteiger partial charge in [0.15, 0.2) is 0 Å². The van der Waals surface area contributed by atoms with Crippen LogP contribution in [0.25, 0.3) is 0 Å². The molecule has 1 saturated carbocycles. The fraction of sp³-hybridized carbons (Fsp3) is 0.889. The Morgan fingerprint density at radius 2 is 1.50 bits per heavy atom. The van der Waals surface area contributed by atoms with Gasteiger partial charge in [-0.25, -0.2) is 4.79 Å². The summed E-state index contributed by atoms with van der Waals surface area (Å²) in [6.45, 7) is 2.95.